The van der Waals surface area contributed by atoms with Gasteiger partial charge in [0.05, 0.1) is 0 Å². The monoisotopic (exact) mass is 196 g/mol. The first-order chi connectivity index (χ1) is 6.74. The largest absolute Gasteiger partial charge is 0.299 e. The molecule has 0 aromatic carbocycles. The molecular formula is C13H24O. The summed E-state index contributed by atoms with van der Waals surface area (Å²) in [5.74, 6) is 1.74. The van der Waals surface area contributed by atoms with Crippen molar-refractivity contribution < 1.29 is 4.79 Å². The molecule has 2 unspecified atom stereocenters. The molecule has 1 heteroatoms. The first kappa shape index (κ1) is 11.7. The van der Waals surface area contributed by atoms with Gasteiger partial charge in [-0.3, -0.25) is 4.79 Å². The molecule has 0 aromatic heterocycles. The number of Topliss-reactive ketones (excluding diaryl/α,β-unsaturated/α-hetero) is 1. The Kier molecular flexibility index (Phi) is 5.21. The number of ketones is 1. The van der Waals surface area contributed by atoms with Crippen LogP contribution < -0.4 is 0 Å². The van der Waals surface area contributed by atoms with Crippen LogP contribution in [0.3, 0.4) is 0 Å². The topological polar surface area (TPSA) is 17.1 Å². The molecular weight excluding hydrogens is 172 g/mol. The van der Waals surface area contributed by atoms with E-state index in [1.165, 1.54) is 25.7 Å². The van der Waals surface area contributed by atoms with Crippen molar-refractivity contribution in [1.82, 2.24) is 0 Å². The molecule has 1 saturated carbocycles. The lowest BCUT2D eigenvalue weighted by molar-refractivity contribution is -0.124. The van der Waals surface area contributed by atoms with E-state index >= 15 is 0 Å². The Morgan fingerprint density at radius 1 is 1.29 bits per heavy atom. The smallest absolute Gasteiger partial charge is 0.135 e. The summed E-state index contributed by atoms with van der Waals surface area (Å²) < 4.78 is 0. The lowest BCUT2D eigenvalue weighted by Gasteiger charge is -2.25. The average molecular weight is 196 g/mol. The summed E-state index contributed by atoms with van der Waals surface area (Å²) in [6, 6.07) is 0. The molecule has 0 amide bonds. The van der Waals surface area contributed by atoms with Gasteiger partial charge in [-0.05, 0) is 25.2 Å². The zero-order valence-corrected chi connectivity index (χ0v) is 9.72. The van der Waals surface area contributed by atoms with Gasteiger partial charge in [0.2, 0.25) is 0 Å². The SMILES string of the molecule is CCCCCC(=O)C1CCCC(C)C1. The minimum Gasteiger partial charge on any atom is -0.299 e. The van der Waals surface area contributed by atoms with Gasteiger partial charge in [-0.25, -0.2) is 0 Å². The minimum absolute atomic E-state index is 0.413. The molecule has 1 aliphatic rings. The maximum atomic E-state index is 11.8. The molecule has 0 radical (unpaired) electrons. The first-order valence-corrected chi connectivity index (χ1v) is 6.26. The summed E-state index contributed by atoms with van der Waals surface area (Å²) in [5.41, 5.74) is 0. The Morgan fingerprint density at radius 3 is 2.71 bits per heavy atom. The zero-order chi connectivity index (χ0) is 10.4. The van der Waals surface area contributed by atoms with Crippen LogP contribution in [0.5, 0.6) is 0 Å². The quantitative estimate of drug-likeness (QED) is 0.608. The Labute approximate surface area is 88.3 Å². The highest BCUT2D eigenvalue weighted by molar-refractivity contribution is 5.81. The summed E-state index contributed by atoms with van der Waals surface area (Å²) in [6.45, 7) is 4.47. The number of carbonyl (C=O) groups excluding carboxylic acids is 1. The fourth-order valence-electron chi connectivity index (χ4n) is 2.48. The second-order valence-electron chi connectivity index (χ2n) is 4.89. The van der Waals surface area contributed by atoms with E-state index in [1.807, 2.05) is 0 Å². The fourth-order valence-corrected chi connectivity index (χ4v) is 2.48. The van der Waals surface area contributed by atoms with Crippen LogP contribution in [0.2, 0.25) is 0 Å². The highest BCUT2D eigenvalue weighted by Gasteiger charge is 2.23. The zero-order valence-electron chi connectivity index (χ0n) is 9.72. The summed E-state index contributed by atoms with van der Waals surface area (Å²) in [4.78, 5) is 11.8. The van der Waals surface area contributed by atoms with Crippen molar-refractivity contribution in [2.24, 2.45) is 11.8 Å². The molecule has 1 nitrogen and oxygen atoms in total. The maximum absolute atomic E-state index is 11.8. The molecule has 0 heterocycles. The van der Waals surface area contributed by atoms with Crippen molar-refractivity contribution in [2.45, 2.75) is 65.2 Å². The molecule has 1 aliphatic carbocycles. The van der Waals surface area contributed by atoms with E-state index in [2.05, 4.69) is 13.8 Å². The van der Waals surface area contributed by atoms with Crippen LogP contribution in [0.25, 0.3) is 0 Å². The maximum Gasteiger partial charge on any atom is 0.135 e. The van der Waals surface area contributed by atoms with Gasteiger partial charge >= 0.3 is 0 Å². The second-order valence-corrected chi connectivity index (χ2v) is 4.89. The van der Waals surface area contributed by atoms with Crippen LogP contribution in [0.15, 0.2) is 0 Å². The predicted octanol–water partition coefficient (Wildman–Crippen LogP) is 3.96. The van der Waals surface area contributed by atoms with E-state index in [1.54, 1.807) is 0 Å². The van der Waals surface area contributed by atoms with Gasteiger partial charge in [-0.15, -0.1) is 0 Å². The number of carbonyl (C=O) groups is 1. The van der Waals surface area contributed by atoms with Crippen molar-refractivity contribution in [3.63, 3.8) is 0 Å². The van der Waals surface area contributed by atoms with Crippen LogP contribution in [0.1, 0.15) is 65.2 Å². The molecule has 1 rings (SSSR count). The number of rotatable bonds is 5. The average Bonchev–Trinajstić information content (AvgIpc) is 2.18. The Bertz CT molecular complexity index is 174. The van der Waals surface area contributed by atoms with Crippen LogP contribution in [0.4, 0.5) is 0 Å². The van der Waals surface area contributed by atoms with E-state index in [9.17, 15) is 4.79 Å². The van der Waals surface area contributed by atoms with Crippen LogP contribution in [-0.4, -0.2) is 5.78 Å². The van der Waals surface area contributed by atoms with Crippen molar-refractivity contribution in [1.29, 1.82) is 0 Å². The lowest BCUT2D eigenvalue weighted by atomic mass is 9.79. The summed E-state index contributed by atoms with van der Waals surface area (Å²) in [6.07, 6.45) is 9.30. The molecule has 0 aromatic rings. The normalized spacial score (nSPS) is 27.6. The molecule has 2 atom stereocenters. The van der Waals surface area contributed by atoms with Gasteiger partial charge in [-0.1, -0.05) is 39.5 Å². The Hall–Kier alpha value is -0.330. The van der Waals surface area contributed by atoms with Gasteiger partial charge in [0, 0.05) is 12.3 Å². The number of hydrogen-bond donors (Lipinski definition) is 0. The molecule has 0 bridgehead atoms. The van der Waals surface area contributed by atoms with Gasteiger partial charge in [0.1, 0.15) is 5.78 Å². The second kappa shape index (κ2) is 6.21. The lowest BCUT2D eigenvalue weighted by Crippen LogP contribution is -2.21. The standard InChI is InChI=1S/C13H24O/c1-3-4-5-9-13(14)12-8-6-7-11(2)10-12/h11-12H,3-10H2,1-2H3. The van der Waals surface area contributed by atoms with Gasteiger partial charge < -0.3 is 0 Å². The van der Waals surface area contributed by atoms with E-state index < -0.39 is 0 Å². The van der Waals surface area contributed by atoms with E-state index in [-0.39, 0.29) is 0 Å². The van der Waals surface area contributed by atoms with Crippen LogP contribution in [-0.2, 0) is 4.79 Å². The molecule has 14 heavy (non-hydrogen) atoms. The molecule has 0 aliphatic heterocycles. The highest BCUT2D eigenvalue weighted by atomic mass is 16.1. The third-order valence-electron chi connectivity index (χ3n) is 3.42. The molecule has 0 saturated heterocycles. The number of hydrogen-bond acceptors (Lipinski definition) is 1. The van der Waals surface area contributed by atoms with Crippen molar-refractivity contribution in [2.75, 3.05) is 0 Å². The Morgan fingerprint density at radius 2 is 2.07 bits per heavy atom. The fraction of sp³-hybridized carbons (Fsp3) is 0.923. The summed E-state index contributed by atoms with van der Waals surface area (Å²) >= 11 is 0. The minimum atomic E-state index is 0.413. The van der Waals surface area contributed by atoms with E-state index in [4.69, 9.17) is 0 Å². The van der Waals surface area contributed by atoms with Crippen molar-refractivity contribution >= 4 is 5.78 Å². The molecule has 0 N–H and O–H groups in total. The van der Waals surface area contributed by atoms with Crippen LogP contribution in [0, 0.1) is 11.8 Å². The predicted molar refractivity (Wildman–Crippen MR) is 60.3 cm³/mol. The number of unbranched alkanes of at least 4 members (excludes halogenated alkanes) is 2. The van der Waals surface area contributed by atoms with Crippen molar-refractivity contribution in [3.05, 3.63) is 0 Å². The highest BCUT2D eigenvalue weighted by Crippen LogP contribution is 2.30. The van der Waals surface area contributed by atoms with E-state index in [0.717, 1.165) is 31.6 Å². The molecule has 1 fully saturated rings. The molecule has 82 valence electrons. The third kappa shape index (κ3) is 3.81. The van der Waals surface area contributed by atoms with Gasteiger partial charge in [-0.2, -0.15) is 0 Å². The van der Waals surface area contributed by atoms with Crippen LogP contribution >= 0.6 is 0 Å². The first-order valence-electron chi connectivity index (χ1n) is 6.26. The van der Waals surface area contributed by atoms with Gasteiger partial charge in [0.25, 0.3) is 0 Å². The van der Waals surface area contributed by atoms with Crippen molar-refractivity contribution in [3.8, 4) is 0 Å². The van der Waals surface area contributed by atoms with Gasteiger partial charge in [0.15, 0.2) is 0 Å². The van der Waals surface area contributed by atoms with E-state index in [0.29, 0.717) is 11.7 Å². The third-order valence-corrected chi connectivity index (χ3v) is 3.42. The summed E-state index contributed by atoms with van der Waals surface area (Å²) in [5, 5.41) is 0. The Balaban J connectivity index is 2.22. The summed E-state index contributed by atoms with van der Waals surface area (Å²) in [7, 11) is 0. The molecule has 0 spiro atoms.